The topological polar surface area (TPSA) is 60.6 Å². The molecule has 0 aliphatic heterocycles. The molecule has 2 heterocycles. The number of benzene rings is 1. The summed E-state index contributed by atoms with van der Waals surface area (Å²) in [5.41, 5.74) is 3.14. The third-order valence-corrected chi connectivity index (χ3v) is 2.90. The maximum Gasteiger partial charge on any atom is 0.123 e. The van der Waals surface area contributed by atoms with Gasteiger partial charge >= 0.3 is 0 Å². The highest BCUT2D eigenvalue weighted by molar-refractivity contribution is 5.51. The van der Waals surface area contributed by atoms with Crippen LogP contribution in [0.1, 0.15) is 5.56 Å². The molecule has 0 unspecified atom stereocenters. The SMILES string of the molecule is C=Cn1cc(CNc2cccc(-n3cnnc3)c2)cn1. The highest BCUT2D eigenvalue weighted by atomic mass is 15.2. The fourth-order valence-corrected chi connectivity index (χ4v) is 1.88. The standard InChI is InChI=1S/C14H14N6/c1-2-20-9-12(8-18-20)7-15-13-4-3-5-14(6-13)19-10-16-17-11-19/h2-6,8-11,15H,1,7H2. The van der Waals surface area contributed by atoms with Crippen LogP contribution < -0.4 is 5.32 Å². The van der Waals surface area contributed by atoms with Gasteiger partial charge in [-0.2, -0.15) is 5.10 Å². The van der Waals surface area contributed by atoms with E-state index in [1.807, 2.05) is 41.2 Å². The van der Waals surface area contributed by atoms with Gasteiger partial charge in [-0.05, 0) is 18.2 Å². The van der Waals surface area contributed by atoms with Crippen LogP contribution in [0.15, 0.2) is 55.9 Å². The normalized spacial score (nSPS) is 10.4. The summed E-state index contributed by atoms with van der Waals surface area (Å²) in [7, 11) is 0. The predicted molar refractivity (Wildman–Crippen MR) is 77.3 cm³/mol. The van der Waals surface area contributed by atoms with E-state index in [2.05, 4.69) is 27.2 Å². The van der Waals surface area contributed by atoms with E-state index in [1.165, 1.54) is 0 Å². The minimum Gasteiger partial charge on any atom is -0.381 e. The first-order valence-corrected chi connectivity index (χ1v) is 6.20. The van der Waals surface area contributed by atoms with E-state index in [1.54, 1.807) is 23.5 Å². The molecule has 0 saturated carbocycles. The van der Waals surface area contributed by atoms with E-state index in [9.17, 15) is 0 Å². The third kappa shape index (κ3) is 2.59. The predicted octanol–water partition coefficient (Wildman–Crippen LogP) is 2.18. The number of nitrogens with one attached hydrogen (secondary N) is 1. The van der Waals surface area contributed by atoms with Gasteiger partial charge in [0.2, 0.25) is 0 Å². The Balaban J connectivity index is 1.71. The van der Waals surface area contributed by atoms with E-state index in [4.69, 9.17) is 0 Å². The molecule has 0 atom stereocenters. The lowest BCUT2D eigenvalue weighted by Crippen LogP contribution is -1.99. The van der Waals surface area contributed by atoms with Crippen molar-refractivity contribution in [2.75, 3.05) is 5.32 Å². The average molecular weight is 266 g/mol. The molecular formula is C14H14N6. The van der Waals surface area contributed by atoms with Crippen LogP contribution in [-0.2, 0) is 6.54 Å². The van der Waals surface area contributed by atoms with Crippen molar-refractivity contribution in [2.45, 2.75) is 6.54 Å². The molecule has 100 valence electrons. The number of hydrogen-bond donors (Lipinski definition) is 1. The lowest BCUT2D eigenvalue weighted by molar-refractivity contribution is 0.936. The van der Waals surface area contributed by atoms with Crippen LogP contribution in [0.4, 0.5) is 5.69 Å². The molecule has 2 aromatic heterocycles. The highest BCUT2D eigenvalue weighted by Crippen LogP contribution is 2.15. The molecule has 1 aromatic carbocycles. The minimum atomic E-state index is 0.708. The quantitative estimate of drug-likeness (QED) is 0.769. The van der Waals surface area contributed by atoms with E-state index in [0.29, 0.717) is 6.54 Å². The maximum absolute atomic E-state index is 4.14. The Bertz CT molecular complexity index is 698. The van der Waals surface area contributed by atoms with Crippen LogP contribution in [0.5, 0.6) is 0 Å². The van der Waals surface area contributed by atoms with Gasteiger partial charge in [0.05, 0.1) is 11.9 Å². The molecule has 20 heavy (non-hydrogen) atoms. The van der Waals surface area contributed by atoms with Crippen molar-refractivity contribution in [3.63, 3.8) is 0 Å². The van der Waals surface area contributed by atoms with Crippen molar-refractivity contribution >= 4 is 11.9 Å². The highest BCUT2D eigenvalue weighted by Gasteiger charge is 2.00. The number of aromatic nitrogens is 5. The zero-order valence-corrected chi connectivity index (χ0v) is 10.8. The molecule has 3 aromatic rings. The minimum absolute atomic E-state index is 0.708. The molecule has 0 aliphatic carbocycles. The maximum atomic E-state index is 4.14. The van der Waals surface area contributed by atoms with Crippen molar-refractivity contribution in [3.8, 4) is 5.69 Å². The van der Waals surface area contributed by atoms with Gasteiger partial charge in [-0.15, -0.1) is 10.2 Å². The molecule has 6 heteroatoms. The number of hydrogen-bond acceptors (Lipinski definition) is 4. The summed E-state index contributed by atoms with van der Waals surface area (Å²) in [6.45, 7) is 4.38. The van der Waals surface area contributed by atoms with E-state index >= 15 is 0 Å². The first-order valence-electron chi connectivity index (χ1n) is 6.20. The van der Waals surface area contributed by atoms with Gasteiger partial charge in [0.15, 0.2) is 0 Å². The van der Waals surface area contributed by atoms with Gasteiger partial charge in [0.25, 0.3) is 0 Å². The van der Waals surface area contributed by atoms with Crippen LogP contribution in [0.3, 0.4) is 0 Å². The third-order valence-electron chi connectivity index (χ3n) is 2.90. The van der Waals surface area contributed by atoms with Crippen LogP contribution in [0, 0.1) is 0 Å². The fraction of sp³-hybridized carbons (Fsp3) is 0.0714. The molecular weight excluding hydrogens is 252 g/mol. The van der Waals surface area contributed by atoms with Crippen molar-refractivity contribution in [3.05, 3.63) is 61.5 Å². The summed E-state index contributed by atoms with van der Waals surface area (Å²) in [6.07, 6.45) is 8.76. The van der Waals surface area contributed by atoms with Gasteiger partial charge in [-0.1, -0.05) is 12.6 Å². The molecule has 0 radical (unpaired) electrons. The molecule has 6 nitrogen and oxygen atoms in total. The molecule has 0 aliphatic rings. The molecule has 0 spiro atoms. The van der Waals surface area contributed by atoms with Crippen molar-refractivity contribution in [1.29, 1.82) is 0 Å². The number of nitrogens with zero attached hydrogens (tertiary/aromatic N) is 5. The van der Waals surface area contributed by atoms with Crippen molar-refractivity contribution < 1.29 is 0 Å². The van der Waals surface area contributed by atoms with Gasteiger partial charge in [0.1, 0.15) is 12.7 Å². The first kappa shape index (κ1) is 12.2. The van der Waals surface area contributed by atoms with E-state index in [0.717, 1.165) is 16.9 Å². The Morgan fingerprint density at radius 3 is 2.85 bits per heavy atom. The Labute approximate surface area is 116 Å². The Hall–Kier alpha value is -2.89. The summed E-state index contributed by atoms with van der Waals surface area (Å²) < 4.78 is 3.55. The Morgan fingerprint density at radius 2 is 2.10 bits per heavy atom. The summed E-state index contributed by atoms with van der Waals surface area (Å²) in [5.74, 6) is 0. The van der Waals surface area contributed by atoms with Gasteiger partial charge < -0.3 is 5.32 Å². The van der Waals surface area contributed by atoms with E-state index < -0.39 is 0 Å². The number of rotatable bonds is 5. The summed E-state index contributed by atoms with van der Waals surface area (Å²) in [4.78, 5) is 0. The lowest BCUT2D eigenvalue weighted by Gasteiger charge is -2.07. The van der Waals surface area contributed by atoms with Crippen LogP contribution >= 0.6 is 0 Å². The second-order valence-electron chi connectivity index (χ2n) is 4.28. The molecule has 3 rings (SSSR count). The first-order chi connectivity index (χ1) is 9.85. The Kier molecular flexibility index (Phi) is 3.28. The monoisotopic (exact) mass is 266 g/mol. The smallest absolute Gasteiger partial charge is 0.123 e. The fourth-order valence-electron chi connectivity index (χ4n) is 1.88. The van der Waals surface area contributed by atoms with Crippen LogP contribution in [0.2, 0.25) is 0 Å². The summed E-state index contributed by atoms with van der Waals surface area (Å²) >= 11 is 0. The van der Waals surface area contributed by atoms with Crippen molar-refractivity contribution in [2.24, 2.45) is 0 Å². The zero-order valence-electron chi connectivity index (χ0n) is 10.8. The summed E-state index contributed by atoms with van der Waals surface area (Å²) in [5, 5.41) is 15.1. The molecule has 0 fully saturated rings. The zero-order chi connectivity index (χ0) is 13.8. The van der Waals surface area contributed by atoms with Crippen molar-refractivity contribution in [1.82, 2.24) is 24.5 Å². The number of anilines is 1. The van der Waals surface area contributed by atoms with Gasteiger partial charge in [0, 0.05) is 30.2 Å². The molecule has 0 bridgehead atoms. The molecule has 0 saturated heterocycles. The summed E-state index contributed by atoms with van der Waals surface area (Å²) in [6, 6.07) is 8.06. The average Bonchev–Trinajstić information content (AvgIpc) is 3.17. The molecule has 1 N–H and O–H groups in total. The largest absolute Gasteiger partial charge is 0.381 e. The molecule has 0 amide bonds. The van der Waals surface area contributed by atoms with Crippen LogP contribution in [-0.4, -0.2) is 24.5 Å². The van der Waals surface area contributed by atoms with Crippen LogP contribution in [0.25, 0.3) is 11.9 Å². The second-order valence-corrected chi connectivity index (χ2v) is 4.28. The van der Waals surface area contributed by atoms with Gasteiger partial charge in [-0.25, -0.2) is 4.68 Å². The van der Waals surface area contributed by atoms with E-state index in [-0.39, 0.29) is 0 Å². The second kappa shape index (κ2) is 5.40. The lowest BCUT2D eigenvalue weighted by atomic mass is 10.2. The Morgan fingerprint density at radius 1 is 1.25 bits per heavy atom. The van der Waals surface area contributed by atoms with Gasteiger partial charge in [-0.3, -0.25) is 4.57 Å².